The maximum absolute atomic E-state index is 13.7. The third-order valence-corrected chi connectivity index (χ3v) is 26.0. The molecular weight excluding hydrogens is 633 g/mol. The molecule has 224 valence electrons. The topological polar surface area (TPSA) is 37.4 Å². The Morgan fingerprint density at radius 1 is 0.512 bits per heavy atom. The number of rotatable bonds is 14. The number of unbranched alkanes of at least 4 members (excludes halogenated alkanes) is 5. The number of amides is 2. The molecule has 5 aromatic rings. The van der Waals surface area contributed by atoms with Gasteiger partial charge in [-0.05, 0) is 0 Å². The fourth-order valence-electron chi connectivity index (χ4n) is 8.05. The van der Waals surface area contributed by atoms with Crippen LogP contribution in [0.15, 0.2) is 54.6 Å². The standard InChI is InChI=1S/C27H20NO2.3C4H9.Sn/c1-2-3-4-15-28-26(29)21-13-11-19-17-9-5-7-16-8-6-10-18(23(16)17)20-12-14-22(27(28)30)25(21)24(19)20;3*1-3-4-2;/h5-7,9-14H,2-4,15H2,1H3;3*1,3-4H2,2H3;. The summed E-state index contributed by atoms with van der Waals surface area (Å²) in [6.45, 7) is 9.68. The van der Waals surface area contributed by atoms with Gasteiger partial charge in [-0.2, -0.15) is 0 Å². The van der Waals surface area contributed by atoms with Gasteiger partial charge in [0.2, 0.25) is 0 Å². The van der Waals surface area contributed by atoms with Gasteiger partial charge in [0, 0.05) is 0 Å². The van der Waals surface area contributed by atoms with Crippen LogP contribution in [-0.2, 0) is 0 Å². The second-order valence-electron chi connectivity index (χ2n) is 13.0. The molecule has 0 fully saturated rings. The van der Waals surface area contributed by atoms with E-state index in [1.54, 1.807) is 3.58 Å². The molecule has 4 heteroatoms. The normalized spacial score (nSPS) is 13.9. The number of carbonyl (C=O) groups is 2. The molecule has 0 unspecified atom stereocenters. The van der Waals surface area contributed by atoms with E-state index in [4.69, 9.17) is 0 Å². The number of fused-ring (bicyclic) bond motifs is 2. The van der Waals surface area contributed by atoms with Crippen molar-refractivity contribution in [1.29, 1.82) is 0 Å². The van der Waals surface area contributed by atoms with E-state index in [1.807, 2.05) is 12.1 Å². The number of carbonyl (C=O) groups excluding carboxylic acids is 2. The van der Waals surface area contributed by atoms with Crippen LogP contribution in [0.2, 0.25) is 13.3 Å². The number of hydrogen-bond acceptors (Lipinski definition) is 2. The van der Waals surface area contributed by atoms with Crippen LogP contribution in [0.1, 0.15) is 106 Å². The van der Waals surface area contributed by atoms with Gasteiger partial charge >= 0.3 is 243 Å². The van der Waals surface area contributed by atoms with E-state index in [-0.39, 0.29) is 11.8 Å². The molecule has 0 N–H and O–H groups in total. The third-order valence-electron chi connectivity index (χ3n) is 10.3. The van der Waals surface area contributed by atoms with E-state index in [2.05, 4.69) is 70.2 Å². The zero-order chi connectivity index (χ0) is 30.1. The minimum atomic E-state index is -2.72. The molecule has 0 radical (unpaired) electrons. The van der Waals surface area contributed by atoms with Gasteiger partial charge in [0.25, 0.3) is 0 Å². The molecule has 0 saturated carbocycles. The molecule has 0 aromatic heterocycles. The zero-order valence-electron chi connectivity index (χ0n) is 26.7. The van der Waals surface area contributed by atoms with Crippen molar-refractivity contribution < 1.29 is 9.59 Å². The van der Waals surface area contributed by atoms with Crippen LogP contribution in [-0.4, -0.2) is 41.6 Å². The Bertz CT molecular complexity index is 1710. The summed E-state index contributed by atoms with van der Waals surface area (Å²) in [5.74, 6) is -0.281. The average molecular weight is 681 g/mol. The quantitative estimate of drug-likeness (QED) is 0.0385. The van der Waals surface area contributed by atoms with E-state index in [1.165, 1.54) is 89.1 Å². The first-order valence-corrected chi connectivity index (χ1v) is 24.5. The summed E-state index contributed by atoms with van der Waals surface area (Å²) < 4.78 is 6.07. The molecule has 0 spiro atoms. The summed E-state index contributed by atoms with van der Waals surface area (Å²) in [7, 11) is 0. The molecule has 1 aliphatic heterocycles. The number of benzene rings is 5. The minimum absolute atomic E-state index is 0.140. The van der Waals surface area contributed by atoms with Crippen molar-refractivity contribution in [2.24, 2.45) is 0 Å². The van der Waals surface area contributed by atoms with Crippen molar-refractivity contribution in [2.75, 3.05) is 6.54 Å². The van der Waals surface area contributed by atoms with Crippen LogP contribution in [0.3, 0.4) is 0 Å². The van der Waals surface area contributed by atoms with Crippen molar-refractivity contribution >= 4 is 76.9 Å². The molecule has 1 heterocycles. The molecule has 5 aromatic carbocycles. The first kappa shape index (κ1) is 30.4. The Hall–Kier alpha value is -2.66. The summed E-state index contributed by atoms with van der Waals surface area (Å²) in [5.41, 5.74) is 1.35. The summed E-state index contributed by atoms with van der Waals surface area (Å²) in [4.78, 5) is 28.9. The Balaban J connectivity index is 1.61. The summed E-state index contributed by atoms with van der Waals surface area (Å²) in [5, 5.41) is 9.65. The van der Waals surface area contributed by atoms with Gasteiger partial charge in [-0.25, -0.2) is 0 Å². The van der Waals surface area contributed by atoms with Crippen molar-refractivity contribution in [3.63, 3.8) is 0 Å². The predicted octanol–water partition coefficient (Wildman–Crippen LogP) is 10.6. The van der Waals surface area contributed by atoms with E-state index in [9.17, 15) is 9.59 Å². The van der Waals surface area contributed by atoms with Gasteiger partial charge < -0.3 is 0 Å². The first-order chi connectivity index (χ1) is 21.0. The average Bonchev–Trinajstić information content (AvgIpc) is 3.04. The SMILES string of the molecule is CCCCCN1C(=O)c2ccc3c4cccc5[c]([Sn]([CH2]CCC)([CH2]CCC)[CH2]CCC)ccc(c6ccc(c2c36)C1=O)c54. The van der Waals surface area contributed by atoms with Gasteiger partial charge in [0.15, 0.2) is 0 Å². The van der Waals surface area contributed by atoms with Crippen LogP contribution >= 0.6 is 0 Å². The second-order valence-corrected chi connectivity index (χ2v) is 26.1. The number of hydrogen-bond donors (Lipinski definition) is 0. The van der Waals surface area contributed by atoms with Crippen molar-refractivity contribution in [2.45, 2.75) is 98.8 Å². The monoisotopic (exact) mass is 681 g/mol. The molecule has 1 aliphatic rings. The Kier molecular flexibility index (Phi) is 9.01. The molecule has 0 atom stereocenters. The second kappa shape index (κ2) is 12.8. The van der Waals surface area contributed by atoms with Gasteiger partial charge in [-0.15, -0.1) is 0 Å². The molecular formula is C39H47NO2Sn. The van der Waals surface area contributed by atoms with E-state index >= 15 is 0 Å². The summed E-state index contributed by atoms with van der Waals surface area (Å²) in [6.07, 6.45) is 10.8. The molecule has 0 aliphatic carbocycles. The van der Waals surface area contributed by atoms with Crippen molar-refractivity contribution in [3.8, 4) is 0 Å². The van der Waals surface area contributed by atoms with E-state index in [0.29, 0.717) is 17.7 Å². The van der Waals surface area contributed by atoms with Gasteiger partial charge in [0.1, 0.15) is 0 Å². The van der Waals surface area contributed by atoms with Crippen LogP contribution in [0.4, 0.5) is 0 Å². The Labute approximate surface area is 261 Å². The first-order valence-electron chi connectivity index (χ1n) is 17.0. The molecule has 43 heavy (non-hydrogen) atoms. The molecule has 3 nitrogen and oxygen atoms in total. The summed E-state index contributed by atoms with van der Waals surface area (Å²) in [6, 6.07) is 20.2. The van der Waals surface area contributed by atoms with Gasteiger partial charge in [0.05, 0.1) is 0 Å². The van der Waals surface area contributed by atoms with E-state index in [0.717, 1.165) is 30.0 Å². The van der Waals surface area contributed by atoms with Crippen LogP contribution in [0.25, 0.3) is 43.1 Å². The zero-order valence-corrected chi connectivity index (χ0v) is 29.5. The van der Waals surface area contributed by atoms with E-state index < -0.39 is 18.4 Å². The molecule has 6 rings (SSSR count). The Morgan fingerprint density at radius 3 is 1.56 bits per heavy atom. The summed E-state index contributed by atoms with van der Waals surface area (Å²) >= 11 is -2.72. The Morgan fingerprint density at radius 2 is 1.00 bits per heavy atom. The van der Waals surface area contributed by atoms with Gasteiger partial charge in [-0.3, -0.25) is 0 Å². The molecule has 2 amide bonds. The predicted molar refractivity (Wildman–Crippen MR) is 187 cm³/mol. The van der Waals surface area contributed by atoms with Gasteiger partial charge in [-0.1, -0.05) is 19.8 Å². The third kappa shape index (κ3) is 5.04. The van der Waals surface area contributed by atoms with Crippen molar-refractivity contribution in [3.05, 3.63) is 65.7 Å². The van der Waals surface area contributed by atoms with Crippen LogP contribution in [0.5, 0.6) is 0 Å². The number of nitrogens with zero attached hydrogens (tertiary/aromatic N) is 1. The van der Waals surface area contributed by atoms with Crippen molar-refractivity contribution in [1.82, 2.24) is 4.90 Å². The fourth-order valence-corrected chi connectivity index (χ4v) is 24.8. The fraction of sp³-hybridized carbons (Fsp3) is 0.436. The maximum atomic E-state index is 13.7. The molecule has 0 saturated heterocycles. The van der Waals surface area contributed by atoms with Crippen LogP contribution in [0, 0.1) is 0 Å². The molecule has 0 bridgehead atoms. The van der Waals surface area contributed by atoms with Crippen LogP contribution < -0.4 is 3.58 Å². The number of imide groups is 1.